The molecule has 2 rings (SSSR count). The van der Waals surface area contributed by atoms with E-state index in [1.165, 1.54) is 19.5 Å². The Labute approximate surface area is 146 Å². The normalized spacial score (nSPS) is 10.8. The lowest BCUT2D eigenvalue weighted by molar-refractivity contribution is -0.383. The van der Waals surface area contributed by atoms with E-state index in [0.29, 0.717) is 18.0 Å². The van der Waals surface area contributed by atoms with Gasteiger partial charge in [-0.3, -0.25) is 10.1 Å². The molecule has 0 aliphatic heterocycles. The van der Waals surface area contributed by atoms with Crippen molar-refractivity contribution in [1.82, 2.24) is 14.9 Å². The van der Waals surface area contributed by atoms with Crippen molar-refractivity contribution in [2.24, 2.45) is 0 Å². The number of nitro benzene ring substituents is 1. The standard InChI is InChI=1S/C16H22N6O3/c1-20(2)8-9-21(3)11-10-12(25-4)14(17)13(15(11)22(23)24)16-18-6-5-7-19-16/h5-7,10H,8-9,17H2,1-4H3. The number of likely N-dealkylation sites (N-methyl/N-ethyl adjacent to an activating group) is 2. The van der Waals surface area contributed by atoms with Gasteiger partial charge in [-0.25, -0.2) is 9.97 Å². The summed E-state index contributed by atoms with van der Waals surface area (Å²) >= 11 is 0. The largest absolute Gasteiger partial charge is 0.494 e. The molecule has 0 saturated heterocycles. The van der Waals surface area contributed by atoms with Crippen LogP contribution in [0.1, 0.15) is 0 Å². The van der Waals surface area contributed by atoms with Gasteiger partial charge in [0.05, 0.1) is 17.7 Å². The molecule has 1 aromatic heterocycles. The van der Waals surface area contributed by atoms with Crippen molar-refractivity contribution in [3.8, 4) is 17.1 Å². The molecule has 1 heterocycles. The van der Waals surface area contributed by atoms with Crippen LogP contribution in [0.15, 0.2) is 24.5 Å². The first-order valence-corrected chi connectivity index (χ1v) is 7.65. The summed E-state index contributed by atoms with van der Waals surface area (Å²) in [6.45, 7) is 1.33. The minimum Gasteiger partial charge on any atom is -0.494 e. The van der Waals surface area contributed by atoms with Crippen LogP contribution in [0.4, 0.5) is 17.1 Å². The van der Waals surface area contributed by atoms with E-state index in [9.17, 15) is 10.1 Å². The summed E-state index contributed by atoms with van der Waals surface area (Å²) in [5.74, 6) is 0.535. The van der Waals surface area contributed by atoms with Crippen molar-refractivity contribution in [3.63, 3.8) is 0 Å². The molecule has 0 aliphatic rings. The zero-order valence-electron chi connectivity index (χ0n) is 14.8. The van der Waals surface area contributed by atoms with Gasteiger partial charge in [-0.15, -0.1) is 0 Å². The fourth-order valence-corrected chi connectivity index (χ4v) is 2.42. The van der Waals surface area contributed by atoms with Crippen molar-refractivity contribution >= 4 is 17.1 Å². The number of hydrogen-bond donors (Lipinski definition) is 1. The average molecular weight is 346 g/mol. The third-order valence-electron chi connectivity index (χ3n) is 3.77. The van der Waals surface area contributed by atoms with E-state index in [4.69, 9.17) is 10.5 Å². The molecule has 1 aromatic carbocycles. The van der Waals surface area contributed by atoms with Crippen LogP contribution in [-0.2, 0) is 0 Å². The Balaban J connectivity index is 2.69. The third kappa shape index (κ3) is 3.94. The highest BCUT2D eigenvalue weighted by Gasteiger charge is 2.30. The molecule has 0 aliphatic carbocycles. The van der Waals surface area contributed by atoms with Crippen molar-refractivity contribution in [3.05, 3.63) is 34.6 Å². The second-order valence-electron chi connectivity index (χ2n) is 5.79. The highest BCUT2D eigenvalue weighted by molar-refractivity contribution is 5.92. The van der Waals surface area contributed by atoms with Crippen LogP contribution in [0.5, 0.6) is 5.75 Å². The number of anilines is 2. The van der Waals surface area contributed by atoms with Crippen LogP contribution < -0.4 is 15.4 Å². The summed E-state index contributed by atoms with van der Waals surface area (Å²) in [5.41, 5.74) is 6.70. The fraction of sp³-hybridized carbons (Fsp3) is 0.375. The molecule has 0 saturated carbocycles. The Morgan fingerprint density at radius 3 is 2.40 bits per heavy atom. The molecule has 0 amide bonds. The summed E-state index contributed by atoms with van der Waals surface area (Å²) in [4.78, 5) is 23.4. The van der Waals surface area contributed by atoms with Crippen LogP contribution in [0.3, 0.4) is 0 Å². The number of nitrogen functional groups attached to an aromatic ring is 1. The topological polar surface area (TPSA) is 111 Å². The molecule has 9 nitrogen and oxygen atoms in total. The van der Waals surface area contributed by atoms with Crippen LogP contribution >= 0.6 is 0 Å². The van der Waals surface area contributed by atoms with Gasteiger partial charge in [0.2, 0.25) is 0 Å². The van der Waals surface area contributed by atoms with Crippen LogP contribution in [0.2, 0.25) is 0 Å². The molecule has 0 atom stereocenters. The maximum atomic E-state index is 11.8. The molecule has 0 unspecified atom stereocenters. The Morgan fingerprint density at radius 1 is 1.24 bits per heavy atom. The van der Waals surface area contributed by atoms with Crippen LogP contribution in [-0.4, -0.2) is 61.1 Å². The van der Waals surface area contributed by atoms with Crippen molar-refractivity contribution < 1.29 is 9.66 Å². The van der Waals surface area contributed by atoms with E-state index in [1.54, 1.807) is 24.1 Å². The zero-order chi connectivity index (χ0) is 18.6. The molecule has 9 heteroatoms. The van der Waals surface area contributed by atoms with Gasteiger partial charge in [0.1, 0.15) is 17.0 Å². The minimum atomic E-state index is -0.455. The monoisotopic (exact) mass is 346 g/mol. The number of nitrogens with two attached hydrogens (primary N) is 1. The molecule has 25 heavy (non-hydrogen) atoms. The number of nitro groups is 1. The first-order chi connectivity index (χ1) is 11.9. The minimum absolute atomic E-state index is 0.134. The number of rotatable bonds is 7. The molecule has 134 valence electrons. The number of aromatic nitrogens is 2. The van der Waals surface area contributed by atoms with Crippen molar-refractivity contribution in [2.75, 3.05) is 52.0 Å². The Bertz CT molecular complexity index is 751. The van der Waals surface area contributed by atoms with Gasteiger partial charge in [-0.05, 0) is 20.2 Å². The van der Waals surface area contributed by atoms with Gasteiger partial charge in [0.25, 0.3) is 0 Å². The molecule has 0 spiro atoms. The smallest absolute Gasteiger partial charge is 0.305 e. The number of benzene rings is 1. The third-order valence-corrected chi connectivity index (χ3v) is 3.77. The predicted octanol–water partition coefficient (Wildman–Crippen LogP) is 1.64. The highest BCUT2D eigenvalue weighted by Crippen LogP contribution is 2.45. The SMILES string of the molecule is COc1cc(N(C)CCN(C)C)c([N+](=O)[O-])c(-c2ncccn2)c1N. The first kappa shape index (κ1) is 18.4. The summed E-state index contributed by atoms with van der Waals surface area (Å²) in [5, 5.41) is 11.8. The van der Waals surface area contributed by atoms with Gasteiger partial charge in [0.15, 0.2) is 5.82 Å². The van der Waals surface area contributed by atoms with Gasteiger partial charge >= 0.3 is 5.69 Å². The van der Waals surface area contributed by atoms with Gasteiger partial charge in [0, 0.05) is 38.6 Å². The second kappa shape index (κ2) is 7.75. The molecule has 0 fully saturated rings. The van der Waals surface area contributed by atoms with Crippen LogP contribution in [0, 0.1) is 10.1 Å². The highest BCUT2D eigenvalue weighted by atomic mass is 16.6. The maximum Gasteiger partial charge on any atom is 0.305 e. The van der Waals surface area contributed by atoms with E-state index in [0.717, 1.165) is 6.54 Å². The first-order valence-electron chi connectivity index (χ1n) is 7.65. The predicted molar refractivity (Wildman–Crippen MR) is 96.9 cm³/mol. The molecule has 2 aromatic rings. The lowest BCUT2D eigenvalue weighted by Crippen LogP contribution is -2.29. The van der Waals surface area contributed by atoms with E-state index in [-0.39, 0.29) is 22.8 Å². The van der Waals surface area contributed by atoms with Gasteiger partial charge < -0.3 is 20.3 Å². The molecule has 2 N–H and O–H groups in total. The summed E-state index contributed by atoms with van der Waals surface area (Å²) in [7, 11) is 7.14. The Morgan fingerprint density at radius 2 is 1.88 bits per heavy atom. The molecular formula is C16H22N6O3. The van der Waals surface area contributed by atoms with Crippen molar-refractivity contribution in [1.29, 1.82) is 0 Å². The zero-order valence-corrected chi connectivity index (χ0v) is 14.8. The van der Waals surface area contributed by atoms with E-state index in [1.807, 2.05) is 19.0 Å². The fourth-order valence-electron chi connectivity index (χ4n) is 2.42. The van der Waals surface area contributed by atoms with E-state index >= 15 is 0 Å². The van der Waals surface area contributed by atoms with E-state index in [2.05, 4.69) is 9.97 Å². The lowest BCUT2D eigenvalue weighted by Gasteiger charge is -2.23. The maximum absolute atomic E-state index is 11.8. The van der Waals surface area contributed by atoms with E-state index < -0.39 is 4.92 Å². The molecule has 0 bridgehead atoms. The number of methoxy groups -OCH3 is 1. The molecular weight excluding hydrogens is 324 g/mol. The second-order valence-corrected chi connectivity index (χ2v) is 5.79. The summed E-state index contributed by atoms with van der Waals surface area (Å²) in [6, 6.07) is 3.21. The number of ether oxygens (including phenoxy) is 1. The quantitative estimate of drug-likeness (QED) is 0.457. The average Bonchev–Trinajstić information content (AvgIpc) is 2.59. The van der Waals surface area contributed by atoms with Crippen LogP contribution in [0.25, 0.3) is 11.4 Å². The number of nitrogens with zero attached hydrogens (tertiary/aromatic N) is 5. The van der Waals surface area contributed by atoms with Gasteiger partial charge in [-0.1, -0.05) is 0 Å². The Kier molecular flexibility index (Phi) is 5.71. The summed E-state index contributed by atoms with van der Waals surface area (Å²) < 4.78 is 5.32. The number of hydrogen-bond acceptors (Lipinski definition) is 8. The van der Waals surface area contributed by atoms with Crippen molar-refractivity contribution in [2.45, 2.75) is 0 Å². The van der Waals surface area contributed by atoms with Gasteiger partial charge in [-0.2, -0.15) is 0 Å². The molecule has 0 radical (unpaired) electrons. The summed E-state index contributed by atoms with van der Waals surface area (Å²) in [6.07, 6.45) is 3.03. The Hall–Kier alpha value is -2.94. The lowest BCUT2D eigenvalue weighted by atomic mass is 10.1.